The summed E-state index contributed by atoms with van der Waals surface area (Å²) in [5.41, 5.74) is 6.22. The van der Waals surface area contributed by atoms with Gasteiger partial charge in [-0.3, -0.25) is 0 Å². The summed E-state index contributed by atoms with van der Waals surface area (Å²) in [6.07, 6.45) is 1.03. The molecule has 0 aromatic carbocycles. The topological polar surface area (TPSA) is 88.2 Å². The minimum Gasteiger partial charge on any atom is -0.477 e. The quantitative estimate of drug-likeness (QED) is 0.730. The Morgan fingerprint density at radius 2 is 2.18 bits per heavy atom. The Labute approximate surface area is 101 Å². The van der Waals surface area contributed by atoms with E-state index in [1.165, 1.54) is 6.07 Å². The van der Waals surface area contributed by atoms with Gasteiger partial charge in [-0.25, -0.2) is 9.78 Å². The highest BCUT2D eigenvalue weighted by Crippen LogP contribution is 2.19. The summed E-state index contributed by atoms with van der Waals surface area (Å²) in [4.78, 5) is 14.8. The lowest BCUT2D eigenvalue weighted by atomic mass is 10.0. The Balaban J connectivity index is 2.89. The number of anilines is 2. The summed E-state index contributed by atoms with van der Waals surface area (Å²) < 4.78 is 0. The predicted octanol–water partition coefficient (Wildman–Crippen LogP) is 2.21. The lowest BCUT2D eigenvalue weighted by Gasteiger charge is -2.21. The zero-order valence-electron chi connectivity index (χ0n) is 10.4. The van der Waals surface area contributed by atoms with Crippen molar-refractivity contribution in [2.45, 2.75) is 33.2 Å². The zero-order chi connectivity index (χ0) is 13.0. The van der Waals surface area contributed by atoms with Crippen molar-refractivity contribution in [1.82, 2.24) is 4.98 Å². The molecule has 1 heterocycles. The summed E-state index contributed by atoms with van der Waals surface area (Å²) in [6.45, 7) is 6.25. The van der Waals surface area contributed by atoms with Gasteiger partial charge in [0.15, 0.2) is 5.69 Å². The van der Waals surface area contributed by atoms with Crippen LogP contribution in [0.1, 0.15) is 37.7 Å². The molecule has 1 rings (SSSR count). The number of carboxylic acid groups (broad SMARTS) is 1. The molecule has 2 unspecified atom stereocenters. The van der Waals surface area contributed by atoms with E-state index in [0.717, 1.165) is 6.42 Å². The Kier molecular flexibility index (Phi) is 4.31. The van der Waals surface area contributed by atoms with Crippen LogP contribution in [0.3, 0.4) is 0 Å². The molecule has 0 aliphatic rings. The molecular formula is C12H19N3O2. The number of nitrogen functional groups attached to an aromatic ring is 1. The van der Waals surface area contributed by atoms with Gasteiger partial charge in [0, 0.05) is 6.04 Å². The van der Waals surface area contributed by atoms with E-state index in [-0.39, 0.29) is 11.7 Å². The second-order valence-corrected chi connectivity index (χ2v) is 4.26. The molecule has 0 fully saturated rings. The molecule has 5 heteroatoms. The van der Waals surface area contributed by atoms with Gasteiger partial charge >= 0.3 is 5.97 Å². The fourth-order valence-corrected chi connectivity index (χ4v) is 1.42. The minimum absolute atomic E-state index is 0.00180. The van der Waals surface area contributed by atoms with Crippen LogP contribution in [0.4, 0.5) is 11.5 Å². The SMILES string of the molecule is CCC(C)C(C)Nc1nc(C(=O)O)ccc1N. The van der Waals surface area contributed by atoms with Crippen molar-refractivity contribution >= 4 is 17.5 Å². The average Bonchev–Trinajstić information content (AvgIpc) is 2.30. The Morgan fingerprint density at radius 3 is 2.71 bits per heavy atom. The van der Waals surface area contributed by atoms with Crippen LogP contribution in [0.5, 0.6) is 0 Å². The van der Waals surface area contributed by atoms with Crippen LogP contribution in [0.2, 0.25) is 0 Å². The predicted molar refractivity (Wildman–Crippen MR) is 68.1 cm³/mol. The fraction of sp³-hybridized carbons (Fsp3) is 0.500. The molecule has 0 aliphatic heterocycles. The number of aromatic carboxylic acids is 1. The van der Waals surface area contributed by atoms with Crippen LogP contribution in [-0.4, -0.2) is 22.1 Å². The van der Waals surface area contributed by atoms with Gasteiger partial charge < -0.3 is 16.2 Å². The number of nitrogens with one attached hydrogen (secondary N) is 1. The summed E-state index contributed by atoms with van der Waals surface area (Å²) in [7, 11) is 0. The van der Waals surface area contributed by atoms with E-state index in [1.54, 1.807) is 6.07 Å². The molecule has 5 nitrogen and oxygen atoms in total. The summed E-state index contributed by atoms with van der Waals surface area (Å²) in [5.74, 6) is -0.147. The number of carbonyl (C=O) groups is 1. The van der Waals surface area contributed by atoms with E-state index in [2.05, 4.69) is 24.1 Å². The van der Waals surface area contributed by atoms with Crippen molar-refractivity contribution < 1.29 is 9.90 Å². The highest BCUT2D eigenvalue weighted by Gasteiger charge is 2.14. The molecule has 94 valence electrons. The number of rotatable bonds is 5. The van der Waals surface area contributed by atoms with E-state index < -0.39 is 5.97 Å². The number of carboxylic acids is 1. The van der Waals surface area contributed by atoms with E-state index in [1.807, 2.05) is 6.92 Å². The molecule has 0 saturated heterocycles. The van der Waals surface area contributed by atoms with Gasteiger partial charge in [-0.1, -0.05) is 20.3 Å². The molecular weight excluding hydrogens is 218 g/mol. The van der Waals surface area contributed by atoms with Crippen LogP contribution >= 0.6 is 0 Å². The zero-order valence-corrected chi connectivity index (χ0v) is 10.4. The minimum atomic E-state index is -1.05. The largest absolute Gasteiger partial charge is 0.477 e. The standard InChI is InChI=1S/C12H19N3O2/c1-4-7(2)8(3)14-11-9(13)5-6-10(15-11)12(16)17/h5-8H,4,13H2,1-3H3,(H,14,15)(H,16,17). The summed E-state index contributed by atoms with van der Waals surface area (Å²) >= 11 is 0. The molecule has 0 radical (unpaired) electrons. The van der Waals surface area contributed by atoms with Gasteiger partial charge in [0.2, 0.25) is 0 Å². The van der Waals surface area contributed by atoms with Crippen molar-refractivity contribution in [3.8, 4) is 0 Å². The van der Waals surface area contributed by atoms with Crippen LogP contribution in [0, 0.1) is 5.92 Å². The molecule has 0 aliphatic carbocycles. The van der Waals surface area contributed by atoms with Gasteiger partial charge in [-0.05, 0) is 25.0 Å². The normalized spacial score (nSPS) is 14.1. The number of nitrogens with two attached hydrogens (primary N) is 1. The Hall–Kier alpha value is -1.78. The van der Waals surface area contributed by atoms with Crippen LogP contribution in [-0.2, 0) is 0 Å². The monoisotopic (exact) mass is 237 g/mol. The van der Waals surface area contributed by atoms with Gasteiger partial charge in [-0.2, -0.15) is 0 Å². The first kappa shape index (κ1) is 13.3. The van der Waals surface area contributed by atoms with Crippen molar-refractivity contribution in [3.63, 3.8) is 0 Å². The number of hydrogen-bond acceptors (Lipinski definition) is 4. The molecule has 0 saturated carbocycles. The maximum absolute atomic E-state index is 10.8. The average molecular weight is 237 g/mol. The Bertz CT molecular complexity index is 407. The van der Waals surface area contributed by atoms with Gasteiger partial charge in [-0.15, -0.1) is 0 Å². The third-order valence-corrected chi connectivity index (χ3v) is 3.01. The molecule has 2 atom stereocenters. The van der Waals surface area contributed by atoms with E-state index in [0.29, 0.717) is 17.4 Å². The van der Waals surface area contributed by atoms with Gasteiger partial charge in [0.1, 0.15) is 5.82 Å². The number of pyridine rings is 1. The summed E-state index contributed by atoms with van der Waals surface area (Å²) in [6, 6.07) is 3.15. The Morgan fingerprint density at radius 1 is 1.53 bits per heavy atom. The van der Waals surface area contributed by atoms with Gasteiger partial charge in [0.05, 0.1) is 5.69 Å². The van der Waals surface area contributed by atoms with E-state index >= 15 is 0 Å². The lowest BCUT2D eigenvalue weighted by molar-refractivity contribution is 0.0690. The highest BCUT2D eigenvalue weighted by molar-refractivity contribution is 5.86. The maximum Gasteiger partial charge on any atom is 0.354 e. The molecule has 0 bridgehead atoms. The molecule has 1 aromatic rings. The first-order chi connectivity index (χ1) is 7.95. The number of aromatic nitrogens is 1. The van der Waals surface area contributed by atoms with E-state index in [9.17, 15) is 4.79 Å². The maximum atomic E-state index is 10.8. The van der Waals surface area contributed by atoms with Crippen molar-refractivity contribution in [1.29, 1.82) is 0 Å². The summed E-state index contributed by atoms with van der Waals surface area (Å²) in [5, 5.41) is 12.0. The first-order valence-electron chi connectivity index (χ1n) is 5.72. The molecule has 1 aromatic heterocycles. The van der Waals surface area contributed by atoms with Crippen LogP contribution in [0.25, 0.3) is 0 Å². The number of hydrogen-bond donors (Lipinski definition) is 3. The molecule has 4 N–H and O–H groups in total. The highest BCUT2D eigenvalue weighted by atomic mass is 16.4. The second-order valence-electron chi connectivity index (χ2n) is 4.26. The smallest absolute Gasteiger partial charge is 0.354 e. The third-order valence-electron chi connectivity index (χ3n) is 3.01. The van der Waals surface area contributed by atoms with Gasteiger partial charge in [0.25, 0.3) is 0 Å². The number of nitrogens with zero attached hydrogens (tertiary/aromatic N) is 1. The van der Waals surface area contributed by atoms with Crippen molar-refractivity contribution in [2.24, 2.45) is 5.92 Å². The van der Waals surface area contributed by atoms with Crippen molar-refractivity contribution in [3.05, 3.63) is 17.8 Å². The first-order valence-corrected chi connectivity index (χ1v) is 5.72. The molecule has 0 amide bonds. The second kappa shape index (κ2) is 5.52. The van der Waals surface area contributed by atoms with E-state index in [4.69, 9.17) is 10.8 Å². The van der Waals surface area contributed by atoms with Crippen molar-refractivity contribution in [2.75, 3.05) is 11.1 Å². The lowest BCUT2D eigenvalue weighted by Crippen LogP contribution is -2.24. The third kappa shape index (κ3) is 3.34. The van der Waals surface area contributed by atoms with Crippen LogP contribution < -0.4 is 11.1 Å². The molecule has 0 spiro atoms. The fourth-order valence-electron chi connectivity index (χ4n) is 1.42. The molecule has 17 heavy (non-hydrogen) atoms. The van der Waals surface area contributed by atoms with Crippen LogP contribution in [0.15, 0.2) is 12.1 Å².